The highest BCUT2D eigenvalue weighted by Crippen LogP contribution is 2.40. The molecule has 2 amide bonds. The summed E-state index contributed by atoms with van der Waals surface area (Å²) < 4.78 is 32.5. The Morgan fingerprint density at radius 1 is 1.12 bits per heavy atom. The Morgan fingerprint density at radius 3 is 2.67 bits per heavy atom. The van der Waals surface area contributed by atoms with E-state index in [4.69, 9.17) is 4.74 Å². The van der Waals surface area contributed by atoms with Crippen molar-refractivity contribution in [2.24, 2.45) is 0 Å². The Kier molecular flexibility index (Phi) is 6.98. The molecule has 2 aliphatic heterocycles. The second kappa shape index (κ2) is 10.5. The zero-order valence-corrected chi connectivity index (χ0v) is 24.2. The van der Waals surface area contributed by atoms with Crippen LogP contribution in [-0.2, 0) is 17.7 Å². The number of aryl methyl sites for hydroxylation is 1. The molecule has 0 bridgehead atoms. The fraction of sp³-hybridized carbons (Fsp3) is 0.419. The quantitative estimate of drug-likeness (QED) is 0.303. The Hall–Kier alpha value is -4.28. The molecular formula is C31H34F2N6O3. The number of ether oxygens (including phenoxy) is 1. The van der Waals surface area contributed by atoms with Gasteiger partial charge in [-0.05, 0) is 86.9 Å². The van der Waals surface area contributed by atoms with Crippen molar-refractivity contribution >= 4 is 23.0 Å². The highest BCUT2D eigenvalue weighted by Gasteiger charge is 2.36. The van der Waals surface area contributed by atoms with Crippen LogP contribution >= 0.6 is 0 Å². The topological polar surface area (TPSA) is 96.3 Å². The number of aromatic amines is 1. The Labute approximate surface area is 242 Å². The Morgan fingerprint density at radius 2 is 1.93 bits per heavy atom. The normalized spacial score (nSPS) is 17.3. The van der Waals surface area contributed by atoms with E-state index in [9.17, 15) is 18.4 Å². The molecule has 2 aliphatic rings. The first-order valence-electron chi connectivity index (χ1n) is 14.2. The number of carbonyl (C=O) groups is 2. The smallest absolute Gasteiger partial charge is 0.410 e. The van der Waals surface area contributed by atoms with Crippen LogP contribution in [0.25, 0.3) is 22.2 Å². The molecule has 0 radical (unpaired) electrons. The number of hydrogen-bond acceptors (Lipinski definition) is 5. The van der Waals surface area contributed by atoms with Crippen LogP contribution in [0.1, 0.15) is 78.8 Å². The molecule has 3 aromatic heterocycles. The lowest BCUT2D eigenvalue weighted by Crippen LogP contribution is -2.39. The summed E-state index contributed by atoms with van der Waals surface area (Å²) in [5.74, 6) is -0.351. The SMILES string of the molecule is Cc1c[nH]c2ncc(-c3cc4c(c([C@@H]5CCCN5C(=O)OC(C)(C)C)c3)CN(C(=O)c3cnn(C(F)F)c3)CC4)cc12. The van der Waals surface area contributed by atoms with Gasteiger partial charge >= 0.3 is 12.6 Å². The second-order valence-electron chi connectivity index (χ2n) is 12.1. The summed E-state index contributed by atoms with van der Waals surface area (Å²) in [6, 6.07) is 6.16. The number of alkyl halides is 2. The van der Waals surface area contributed by atoms with Crippen molar-refractivity contribution in [3.8, 4) is 11.1 Å². The van der Waals surface area contributed by atoms with Gasteiger partial charge in [0.25, 0.3) is 5.91 Å². The van der Waals surface area contributed by atoms with Gasteiger partial charge in [-0.2, -0.15) is 13.9 Å². The number of carbonyl (C=O) groups excluding carboxylic acids is 2. The third-order valence-corrected chi connectivity index (χ3v) is 8.02. The number of hydrogen-bond donors (Lipinski definition) is 1. The van der Waals surface area contributed by atoms with Gasteiger partial charge in [0.1, 0.15) is 11.2 Å². The maximum Gasteiger partial charge on any atom is 0.410 e. The number of pyridine rings is 1. The van der Waals surface area contributed by atoms with Gasteiger partial charge in [-0.1, -0.05) is 6.07 Å². The summed E-state index contributed by atoms with van der Waals surface area (Å²) in [5.41, 5.74) is 6.42. The molecule has 0 unspecified atom stereocenters. The maximum absolute atomic E-state index is 13.4. The van der Waals surface area contributed by atoms with Gasteiger partial charge in [0.15, 0.2) is 0 Å². The van der Waals surface area contributed by atoms with Crippen molar-refractivity contribution in [1.82, 2.24) is 29.5 Å². The summed E-state index contributed by atoms with van der Waals surface area (Å²) in [6.45, 7) is 6.09. The number of nitrogens with zero attached hydrogens (tertiary/aromatic N) is 5. The van der Waals surface area contributed by atoms with Crippen LogP contribution in [0.2, 0.25) is 0 Å². The molecule has 5 heterocycles. The molecule has 220 valence electrons. The number of halogens is 2. The van der Waals surface area contributed by atoms with Crippen LogP contribution in [0, 0.1) is 6.92 Å². The summed E-state index contributed by atoms with van der Waals surface area (Å²) in [5, 5.41) is 4.68. The molecule has 0 saturated carbocycles. The lowest BCUT2D eigenvalue weighted by Gasteiger charge is -2.34. The van der Waals surface area contributed by atoms with Gasteiger partial charge in [-0.25, -0.2) is 14.5 Å². The second-order valence-corrected chi connectivity index (χ2v) is 12.1. The number of H-pyrrole nitrogens is 1. The van der Waals surface area contributed by atoms with Crippen LogP contribution in [0.5, 0.6) is 0 Å². The minimum absolute atomic E-state index is 0.120. The molecule has 4 aromatic rings. The van der Waals surface area contributed by atoms with Crippen LogP contribution in [-0.4, -0.2) is 60.2 Å². The Bertz CT molecular complexity index is 1670. The molecule has 42 heavy (non-hydrogen) atoms. The van der Waals surface area contributed by atoms with Gasteiger partial charge in [0, 0.05) is 49.2 Å². The van der Waals surface area contributed by atoms with Gasteiger partial charge in [-0.3, -0.25) is 4.79 Å². The summed E-state index contributed by atoms with van der Waals surface area (Å²) in [4.78, 5) is 37.9. The fourth-order valence-corrected chi connectivity index (χ4v) is 5.99. The van der Waals surface area contributed by atoms with E-state index in [0.717, 1.165) is 63.5 Å². The molecule has 6 rings (SSSR count). The summed E-state index contributed by atoms with van der Waals surface area (Å²) in [6.07, 6.45) is 7.87. The first kappa shape index (κ1) is 27.9. The average molecular weight is 577 g/mol. The van der Waals surface area contributed by atoms with Gasteiger partial charge in [0.2, 0.25) is 0 Å². The predicted octanol–water partition coefficient (Wildman–Crippen LogP) is 6.40. The van der Waals surface area contributed by atoms with E-state index in [0.29, 0.717) is 30.7 Å². The zero-order valence-electron chi connectivity index (χ0n) is 24.2. The van der Waals surface area contributed by atoms with E-state index in [-0.39, 0.29) is 23.6 Å². The lowest BCUT2D eigenvalue weighted by atomic mass is 9.86. The van der Waals surface area contributed by atoms with Crippen molar-refractivity contribution in [3.05, 3.63) is 70.8 Å². The number of nitrogens with one attached hydrogen (secondary N) is 1. The molecule has 1 saturated heterocycles. The van der Waals surface area contributed by atoms with E-state index in [1.165, 1.54) is 6.20 Å². The van der Waals surface area contributed by atoms with E-state index >= 15 is 0 Å². The number of aromatic nitrogens is 4. The molecular weight excluding hydrogens is 542 g/mol. The Balaban J connectivity index is 1.41. The van der Waals surface area contributed by atoms with Gasteiger partial charge < -0.3 is 19.5 Å². The molecule has 9 nitrogen and oxygen atoms in total. The maximum atomic E-state index is 13.4. The summed E-state index contributed by atoms with van der Waals surface area (Å²) >= 11 is 0. The molecule has 1 atom stereocenters. The van der Waals surface area contributed by atoms with E-state index in [1.54, 1.807) is 9.80 Å². The molecule has 11 heteroatoms. The lowest BCUT2D eigenvalue weighted by molar-refractivity contribution is 0.0222. The molecule has 0 spiro atoms. The number of benzene rings is 1. The molecule has 0 aliphatic carbocycles. The first-order chi connectivity index (χ1) is 20.0. The van der Waals surface area contributed by atoms with Crippen LogP contribution < -0.4 is 0 Å². The van der Waals surface area contributed by atoms with E-state index in [1.807, 2.05) is 40.1 Å². The zero-order chi connectivity index (χ0) is 29.8. The third kappa shape index (κ3) is 5.23. The minimum atomic E-state index is -2.82. The first-order valence-corrected chi connectivity index (χ1v) is 14.2. The van der Waals surface area contributed by atoms with Crippen molar-refractivity contribution in [3.63, 3.8) is 0 Å². The number of fused-ring (bicyclic) bond motifs is 2. The largest absolute Gasteiger partial charge is 0.444 e. The van der Waals surface area contributed by atoms with Crippen LogP contribution in [0.4, 0.5) is 13.6 Å². The molecule has 1 N–H and O–H groups in total. The monoisotopic (exact) mass is 576 g/mol. The predicted molar refractivity (Wildman–Crippen MR) is 153 cm³/mol. The molecule has 1 fully saturated rings. The van der Waals surface area contributed by atoms with Crippen molar-refractivity contribution < 1.29 is 23.1 Å². The van der Waals surface area contributed by atoms with Crippen molar-refractivity contribution in [2.75, 3.05) is 13.1 Å². The van der Waals surface area contributed by atoms with Gasteiger partial charge in [-0.15, -0.1) is 0 Å². The number of amides is 2. The minimum Gasteiger partial charge on any atom is -0.444 e. The highest BCUT2D eigenvalue weighted by molar-refractivity contribution is 5.94. The standard InChI is InChI=1S/C31H34F2N6O3/c1-18-13-34-27-23(18)12-21(14-35-27)20-10-19-7-9-37(28(40)22-15-36-39(16-22)29(32)33)17-25(19)24(11-20)26-6-5-8-38(26)30(41)42-31(2,3)4/h10-16,26,29H,5-9,17H2,1-4H3,(H,34,35)/t26-/m0/s1. The van der Waals surface area contributed by atoms with E-state index < -0.39 is 12.2 Å². The van der Waals surface area contributed by atoms with Crippen LogP contribution in [0.15, 0.2) is 43.0 Å². The number of likely N-dealkylation sites (tertiary alicyclic amines) is 1. The fourth-order valence-electron chi connectivity index (χ4n) is 5.99. The number of rotatable bonds is 4. The van der Waals surface area contributed by atoms with Gasteiger partial charge in [0.05, 0.1) is 17.8 Å². The van der Waals surface area contributed by atoms with Crippen LogP contribution in [0.3, 0.4) is 0 Å². The molecule has 1 aromatic carbocycles. The highest BCUT2D eigenvalue weighted by atomic mass is 19.3. The van der Waals surface area contributed by atoms with Crippen molar-refractivity contribution in [2.45, 2.75) is 71.7 Å². The summed E-state index contributed by atoms with van der Waals surface area (Å²) in [7, 11) is 0. The average Bonchev–Trinajstić information content (AvgIpc) is 3.71. The third-order valence-electron chi connectivity index (χ3n) is 8.02. The van der Waals surface area contributed by atoms with Crippen molar-refractivity contribution in [1.29, 1.82) is 0 Å². The van der Waals surface area contributed by atoms with E-state index in [2.05, 4.69) is 33.3 Å².